The zero-order valence-electron chi connectivity index (χ0n) is 17.1. The minimum Gasteiger partial charge on any atom is -0.465 e. The molecule has 0 aromatic heterocycles. The van der Waals surface area contributed by atoms with Gasteiger partial charge in [0.1, 0.15) is 5.54 Å². The largest absolute Gasteiger partial charge is 0.465 e. The van der Waals surface area contributed by atoms with Gasteiger partial charge in [-0.15, -0.1) is 0 Å². The van der Waals surface area contributed by atoms with Crippen molar-refractivity contribution in [3.05, 3.63) is 29.3 Å². The second kappa shape index (κ2) is 7.74. The molecule has 30 heavy (non-hydrogen) atoms. The summed E-state index contributed by atoms with van der Waals surface area (Å²) in [6, 6.07) is 4.27. The Morgan fingerprint density at radius 3 is 2.10 bits per heavy atom. The van der Waals surface area contributed by atoms with Crippen molar-refractivity contribution < 1.29 is 28.7 Å². The molecule has 0 saturated heterocycles. The Morgan fingerprint density at radius 1 is 0.967 bits per heavy atom. The summed E-state index contributed by atoms with van der Waals surface area (Å²) in [6.07, 6.45) is 5.45. The number of ether oxygens (including phenoxy) is 2. The van der Waals surface area contributed by atoms with Crippen molar-refractivity contribution in [2.75, 3.05) is 19.5 Å². The number of benzene rings is 1. The van der Waals surface area contributed by atoms with Gasteiger partial charge in [-0.25, -0.2) is 9.59 Å². The second-order valence-corrected chi connectivity index (χ2v) is 8.63. The van der Waals surface area contributed by atoms with Crippen molar-refractivity contribution in [2.24, 2.45) is 23.7 Å². The predicted molar refractivity (Wildman–Crippen MR) is 107 cm³/mol. The molecule has 0 spiro atoms. The van der Waals surface area contributed by atoms with Crippen molar-refractivity contribution in [1.82, 2.24) is 5.32 Å². The summed E-state index contributed by atoms with van der Waals surface area (Å²) in [6.45, 7) is 0. The first-order chi connectivity index (χ1) is 14.4. The maximum Gasteiger partial charge on any atom is 0.339 e. The Kier molecular flexibility index (Phi) is 5.26. The number of rotatable bonds is 6. The van der Waals surface area contributed by atoms with Gasteiger partial charge in [0.2, 0.25) is 6.41 Å². The third-order valence-electron chi connectivity index (χ3n) is 7.19. The Hall–Kier alpha value is -2.90. The van der Waals surface area contributed by atoms with E-state index in [4.69, 9.17) is 9.47 Å². The van der Waals surface area contributed by atoms with Gasteiger partial charge in [0.25, 0.3) is 5.91 Å². The maximum atomic E-state index is 13.6. The zero-order chi connectivity index (χ0) is 21.5. The minimum absolute atomic E-state index is 0.0596. The van der Waals surface area contributed by atoms with E-state index in [1.807, 2.05) is 0 Å². The van der Waals surface area contributed by atoms with E-state index in [0.717, 1.165) is 25.7 Å². The third-order valence-corrected chi connectivity index (χ3v) is 7.19. The van der Waals surface area contributed by atoms with Crippen LogP contribution in [0.25, 0.3) is 0 Å². The number of nitrogens with one attached hydrogen (secondary N) is 2. The van der Waals surface area contributed by atoms with E-state index in [0.29, 0.717) is 18.2 Å². The highest BCUT2D eigenvalue weighted by Crippen LogP contribution is 2.58. The van der Waals surface area contributed by atoms with Crippen molar-refractivity contribution >= 4 is 29.9 Å². The molecule has 0 aliphatic heterocycles. The molecule has 1 aromatic rings. The number of hydrogen-bond acceptors (Lipinski definition) is 6. The van der Waals surface area contributed by atoms with Crippen LogP contribution in [-0.2, 0) is 19.1 Å². The molecule has 0 atom stereocenters. The molecule has 4 bridgehead atoms. The van der Waals surface area contributed by atoms with Crippen molar-refractivity contribution in [3.63, 3.8) is 0 Å². The predicted octanol–water partition coefficient (Wildman–Crippen LogP) is 2.14. The highest BCUT2D eigenvalue weighted by Gasteiger charge is 2.61. The number of hydrogen-bond donors (Lipinski definition) is 2. The van der Waals surface area contributed by atoms with Gasteiger partial charge in [-0.3, -0.25) is 9.59 Å². The second-order valence-electron chi connectivity index (χ2n) is 8.63. The normalized spacial score (nSPS) is 31.0. The monoisotopic (exact) mass is 414 g/mol. The van der Waals surface area contributed by atoms with E-state index in [1.165, 1.54) is 38.8 Å². The standard InChI is InChI=1S/C22H26N2O6/c1-29-19(26)14-3-4-17(20(27)30-2)18(10-14)24-21(28)22(23-11-25)15-6-12-5-13(8-15)9-16(22)7-12/h3-4,10-13,15-16H,5-9H2,1-2H3,(H,23,25)(H,24,28). The average Bonchev–Trinajstić information content (AvgIpc) is 2.74. The number of esters is 2. The maximum absolute atomic E-state index is 13.6. The van der Waals surface area contributed by atoms with Gasteiger partial charge in [0, 0.05) is 0 Å². The molecule has 8 nitrogen and oxygen atoms in total. The topological polar surface area (TPSA) is 111 Å². The smallest absolute Gasteiger partial charge is 0.339 e. The lowest BCUT2D eigenvalue weighted by Gasteiger charge is -2.59. The van der Waals surface area contributed by atoms with E-state index in [1.54, 1.807) is 0 Å². The molecule has 4 aliphatic rings. The lowest BCUT2D eigenvalue weighted by atomic mass is 9.48. The number of amides is 2. The first kappa shape index (κ1) is 20.4. The highest BCUT2D eigenvalue weighted by molar-refractivity contribution is 6.06. The molecule has 1 aromatic carbocycles. The van der Waals surface area contributed by atoms with Gasteiger partial charge < -0.3 is 20.1 Å². The fraction of sp³-hybridized carbons (Fsp3) is 0.545. The molecule has 4 fully saturated rings. The summed E-state index contributed by atoms with van der Waals surface area (Å²) in [4.78, 5) is 49.4. The van der Waals surface area contributed by atoms with Crippen molar-refractivity contribution in [3.8, 4) is 0 Å². The van der Waals surface area contributed by atoms with Crippen molar-refractivity contribution in [1.29, 1.82) is 0 Å². The molecule has 0 heterocycles. The van der Waals surface area contributed by atoms with Gasteiger partial charge in [-0.2, -0.15) is 0 Å². The van der Waals surface area contributed by atoms with E-state index in [9.17, 15) is 19.2 Å². The Bertz CT molecular complexity index is 868. The van der Waals surface area contributed by atoms with Crippen LogP contribution < -0.4 is 10.6 Å². The van der Waals surface area contributed by atoms with E-state index >= 15 is 0 Å². The van der Waals surface area contributed by atoms with Crippen LogP contribution in [-0.4, -0.2) is 44.0 Å². The van der Waals surface area contributed by atoms with Gasteiger partial charge >= 0.3 is 11.9 Å². The average molecular weight is 414 g/mol. The summed E-state index contributed by atoms with van der Waals surface area (Å²) in [7, 11) is 2.50. The molecule has 2 N–H and O–H groups in total. The molecule has 4 saturated carbocycles. The lowest BCUT2D eigenvalue weighted by molar-refractivity contribution is -0.144. The molecular weight excluding hydrogens is 388 g/mol. The van der Waals surface area contributed by atoms with Crippen LogP contribution in [0.2, 0.25) is 0 Å². The van der Waals surface area contributed by atoms with Crippen LogP contribution in [0.3, 0.4) is 0 Å². The van der Waals surface area contributed by atoms with Crippen LogP contribution in [0.5, 0.6) is 0 Å². The van der Waals surface area contributed by atoms with Gasteiger partial charge in [-0.1, -0.05) is 0 Å². The third kappa shape index (κ3) is 3.14. The molecule has 5 rings (SSSR count). The minimum atomic E-state index is -1.01. The zero-order valence-corrected chi connectivity index (χ0v) is 17.1. The van der Waals surface area contributed by atoms with Gasteiger partial charge in [-0.05, 0) is 74.0 Å². The van der Waals surface area contributed by atoms with Gasteiger partial charge in [0.05, 0.1) is 31.0 Å². The lowest BCUT2D eigenvalue weighted by Crippen LogP contribution is -2.70. The molecular formula is C22H26N2O6. The number of carbonyl (C=O) groups is 4. The molecule has 0 unspecified atom stereocenters. The highest BCUT2D eigenvalue weighted by atomic mass is 16.5. The molecule has 8 heteroatoms. The quantitative estimate of drug-likeness (QED) is 0.545. The Balaban J connectivity index is 1.70. The van der Waals surface area contributed by atoms with E-state index in [-0.39, 0.29) is 34.6 Å². The number of carbonyl (C=O) groups excluding carboxylic acids is 4. The summed E-state index contributed by atoms with van der Waals surface area (Å²) in [5, 5.41) is 5.70. The fourth-order valence-electron chi connectivity index (χ4n) is 6.10. The SMILES string of the molecule is COC(=O)c1ccc(C(=O)OC)c(NC(=O)C2(NC=O)C3CC4CC(C3)CC2C4)c1. The summed E-state index contributed by atoms with van der Waals surface area (Å²) in [5.74, 6) is -0.240. The van der Waals surface area contributed by atoms with Crippen LogP contribution >= 0.6 is 0 Å². The van der Waals surface area contributed by atoms with Crippen LogP contribution in [0.1, 0.15) is 52.8 Å². The van der Waals surface area contributed by atoms with Crippen LogP contribution in [0.4, 0.5) is 5.69 Å². The van der Waals surface area contributed by atoms with E-state index in [2.05, 4.69) is 10.6 Å². The summed E-state index contributed by atoms with van der Waals surface area (Å²) in [5.41, 5.74) is -0.522. The molecule has 2 amide bonds. The Morgan fingerprint density at radius 2 is 1.57 bits per heavy atom. The van der Waals surface area contributed by atoms with Gasteiger partial charge in [0.15, 0.2) is 0 Å². The summed E-state index contributed by atoms with van der Waals surface area (Å²) >= 11 is 0. The molecule has 4 aliphatic carbocycles. The summed E-state index contributed by atoms with van der Waals surface area (Å²) < 4.78 is 9.57. The van der Waals surface area contributed by atoms with E-state index < -0.39 is 17.5 Å². The molecule has 0 radical (unpaired) electrons. The van der Waals surface area contributed by atoms with Crippen molar-refractivity contribution in [2.45, 2.75) is 37.6 Å². The fourth-order valence-corrected chi connectivity index (χ4v) is 6.10. The van der Waals surface area contributed by atoms with Crippen LogP contribution in [0, 0.1) is 23.7 Å². The van der Waals surface area contributed by atoms with Crippen LogP contribution in [0.15, 0.2) is 18.2 Å². The first-order valence-electron chi connectivity index (χ1n) is 10.3. The number of anilines is 1. The molecule has 160 valence electrons. The first-order valence-corrected chi connectivity index (χ1v) is 10.3. The Labute approximate surface area is 174 Å². The number of methoxy groups -OCH3 is 2.